The number of pyridine rings is 1. The predicted molar refractivity (Wildman–Crippen MR) is 136 cm³/mol. The van der Waals surface area contributed by atoms with Gasteiger partial charge in [-0.25, -0.2) is 17.1 Å². The molecule has 1 aliphatic heterocycles. The maximum Gasteiger partial charge on any atom is 0.269 e. The predicted octanol–water partition coefficient (Wildman–Crippen LogP) is 6.49. The number of benzene rings is 3. The van der Waals surface area contributed by atoms with Crippen LogP contribution in [-0.2, 0) is 10.0 Å². The van der Waals surface area contributed by atoms with Crippen LogP contribution in [-0.4, -0.2) is 13.0 Å². The molecule has 0 aliphatic carbocycles. The highest BCUT2D eigenvalue weighted by Gasteiger charge is 2.47. The van der Waals surface area contributed by atoms with Gasteiger partial charge in [0.2, 0.25) is 0 Å². The molecule has 178 valence electrons. The number of nitrogens with zero attached hydrogens (tertiary/aromatic N) is 2. The number of anilines is 1. The van der Waals surface area contributed by atoms with Crippen molar-refractivity contribution in [2.24, 2.45) is 0 Å². The van der Waals surface area contributed by atoms with E-state index in [1.807, 2.05) is 0 Å². The zero-order valence-electron chi connectivity index (χ0n) is 17.8. The van der Waals surface area contributed by atoms with Crippen LogP contribution in [0.15, 0.2) is 94.6 Å². The van der Waals surface area contributed by atoms with E-state index in [1.54, 1.807) is 48.5 Å². The molecule has 2 heterocycles. The number of hydrogen-bond donors (Lipinski definition) is 0. The van der Waals surface area contributed by atoms with Gasteiger partial charge in [-0.1, -0.05) is 71.2 Å². The molecule has 35 heavy (non-hydrogen) atoms. The molecule has 1 aromatic heterocycles. The summed E-state index contributed by atoms with van der Waals surface area (Å²) in [6.07, 6.45) is 0. The molecule has 0 bridgehead atoms. The first-order chi connectivity index (χ1) is 16.7. The van der Waals surface area contributed by atoms with Gasteiger partial charge in [0.25, 0.3) is 15.6 Å². The van der Waals surface area contributed by atoms with Gasteiger partial charge in [-0.3, -0.25) is 9.36 Å². The standard InChI is InChI=1S/C25H16Cl3FN2O3S/c26-17-11-7-15(8-12-17)24-25(16-9-13-18(27)14-10-16)31(21-5-2-6-22(32)30(21)24)35(33,34)20-4-1-3-19(28)23(20)29/h1-14,24-25H. The number of fused-ring (bicyclic) bond motifs is 1. The minimum Gasteiger partial charge on any atom is -0.284 e. The van der Waals surface area contributed by atoms with Crippen molar-refractivity contribution in [3.05, 3.63) is 127 Å². The van der Waals surface area contributed by atoms with Crippen LogP contribution in [0.2, 0.25) is 15.1 Å². The van der Waals surface area contributed by atoms with Crippen LogP contribution in [0.25, 0.3) is 0 Å². The summed E-state index contributed by atoms with van der Waals surface area (Å²) in [4.78, 5) is 12.5. The lowest BCUT2D eigenvalue weighted by Crippen LogP contribution is -2.34. The van der Waals surface area contributed by atoms with Crippen molar-refractivity contribution in [2.45, 2.75) is 17.0 Å². The molecule has 1 aliphatic rings. The summed E-state index contributed by atoms with van der Waals surface area (Å²) in [6.45, 7) is 0. The Bertz CT molecular complexity index is 1590. The lowest BCUT2D eigenvalue weighted by atomic mass is 9.94. The van der Waals surface area contributed by atoms with Crippen molar-refractivity contribution in [3.8, 4) is 0 Å². The summed E-state index contributed by atoms with van der Waals surface area (Å²) in [5, 5.41) is 0.619. The monoisotopic (exact) mass is 548 g/mol. The molecular weight excluding hydrogens is 534 g/mol. The average Bonchev–Trinajstić information content (AvgIpc) is 3.19. The summed E-state index contributed by atoms with van der Waals surface area (Å²) >= 11 is 18.1. The van der Waals surface area contributed by atoms with Crippen molar-refractivity contribution >= 4 is 50.6 Å². The van der Waals surface area contributed by atoms with Crippen LogP contribution in [0.4, 0.5) is 10.2 Å². The Morgan fingerprint density at radius 3 is 1.86 bits per heavy atom. The topological polar surface area (TPSA) is 59.4 Å². The lowest BCUT2D eigenvalue weighted by molar-refractivity contribution is 0.525. The third-order valence-electron chi connectivity index (χ3n) is 5.90. The molecule has 0 saturated carbocycles. The van der Waals surface area contributed by atoms with E-state index in [1.165, 1.54) is 34.9 Å². The number of halogens is 4. The van der Waals surface area contributed by atoms with Crippen LogP contribution in [0, 0.1) is 5.82 Å². The Morgan fingerprint density at radius 2 is 1.26 bits per heavy atom. The van der Waals surface area contributed by atoms with Crippen LogP contribution >= 0.6 is 34.8 Å². The first-order valence-electron chi connectivity index (χ1n) is 10.4. The van der Waals surface area contributed by atoms with Crippen molar-refractivity contribution in [2.75, 3.05) is 4.31 Å². The van der Waals surface area contributed by atoms with Gasteiger partial charge in [0.1, 0.15) is 10.7 Å². The van der Waals surface area contributed by atoms with E-state index >= 15 is 4.39 Å². The van der Waals surface area contributed by atoms with Crippen LogP contribution in [0.1, 0.15) is 23.2 Å². The van der Waals surface area contributed by atoms with Gasteiger partial charge in [0, 0.05) is 16.1 Å². The Morgan fingerprint density at radius 1 is 0.714 bits per heavy atom. The third-order valence-corrected chi connectivity index (χ3v) is 8.50. The van der Waals surface area contributed by atoms with Gasteiger partial charge in [-0.05, 0) is 53.6 Å². The molecule has 2 unspecified atom stereocenters. The van der Waals surface area contributed by atoms with E-state index in [4.69, 9.17) is 34.8 Å². The molecule has 0 saturated heterocycles. The number of rotatable bonds is 4. The fourth-order valence-electron chi connectivity index (χ4n) is 4.39. The number of hydrogen-bond acceptors (Lipinski definition) is 3. The molecule has 0 amide bonds. The van der Waals surface area contributed by atoms with E-state index in [0.29, 0.717) is 21.2 Å². The molecule has 0 spiro atoms. The number of sulfonamides is 1. The average molecular weight is 550 g/mol. The molecule has 5 nitrogen and oxygen atoms in total. The number of aromatic nitrogens is 1. The van der Waals surface area contributed by atoms with Crippen LogP contribution < -0.4 is 9.86 Å². The minimum absolute atomic E-state index is 0.0942. The van der Waals surface area contributed by atoms with Crippen molar-refractivity contribution in [1.82, 2.24) is 4.57 Å². The molecule has 0 radical (unpaired) electrons. The highest BCUT2D eigenvalue weighted by Crippen LogP contribution is 2.49. The second kappa shape index (κ2) is 8.99. The highest BCUT2D eigenvalue weighted by molar-refractivity contribution is 7.92. The second-order valence-electron chi connectivity index (χ2n) is 7.94. The molecule has 5 rings (SSSR count). The van der Waals surface area contributed by atoms with E-state index < -0.39 is 38.4 Å². The fraction of sp³-hybridized carbons (Fsp3) is 0.0800. The maximum absolute atomic E-state index is 15.0. The van der Waals surface area contributed by atoms with Crippen molar-refractivity contribution in [3.63, 3.8) is 0 Å². The highest BCUT2D eigenvalue weighted by atomic mass is 35.5. The maximum atomic E-state index is 15.0. The molecular formula is C25H16Cl3FN2O3S. The molecule has 2 atom stereocenters. The molecule has 0 fully saturated rings. The van der Waals surface area contributed by atoms with Crippen molar-refractivity contribution in [1.29, 1.82) is 0 Å². The third kappa shape index (κ3) is 4.02. The SMILES string of the molecule is O=c1cccc2n1C(c1ccc(Cl)cc1)C(c1ccc(Cl)cc1)N2S(=O)(=O)c1cccc(Cl)c1F. The Labute approximate surface area is 216 Å². The Hall–Kier alpha value is -2.84. The Kier molecular flexibility index (Phi) is 6.13. The fourth-order valence-corrected chi connectivity index (χ4v) is 6.60. The summed E-state index contributed by atoms with van der Waals surface area (Å²) in [5.74, 6) is -0.972. The summed E-state index contributed by atoms with van der Waals surface area (Å²) < 4.78 is 45.5. The van der Waals surface area contributed by atoms with Gasteiger partial charge in [-0.15, -0.1) is 0 Å². The first kappa shape index (κ1) is 23.9. The van der Waals surface area contributed by atoms with E-state index in [9.17, 15) is 13.2 Å². The zero-order chi connectivity index (χ0) is 24.9. The van der Waals surface area contributed by atoms with Crippen LogP contribution in [0.3, 0.4) is 0 Å². The molecule has 10 heteroatoms. The minimum atomic E-state index is -4.52. The zero-order valence-corrected chi connectivity index (χ0v) is 20.9. The second-order valence-corrected chi connectivity index (χ2v) is 11.0. The molecule has 4 aromatic rings. The van der Waals surface area contributed by atoms with Crippen molar-refractivity contribution < 1.29 is 12.8 Å². The largest absolute Gasteiger partial charge is 0.284 e. The van der Waals surface area contributed by atoms with Gasteiger partial charge in [0.15, 0.2) is 5.82 Å². The Balaban J connectivity index is 1.83. The summed E-state index contributed by atoms with van der Waals surface area (Å²) in [5.41, 5.74) is 0.794. The normalized spacial score (nSPS) is 17.4. The van der Waals surface area contributed by atoms with E-state index in [0.717, 1.165) is 10.4 Å². The quantitative estimate of drug-likeness (QED) is 0.292. The van der Waals surface area contributed by atoms with Crippen LogP contribution in [0.5, 0.6) is 0 Å². The molecule has 3 aromatic carbocycles. The summed E-state index contributed by atoms with van der Waals surface area (Å²) in [6, 6.07) is 19.8. The van der Waals surface area contributed by atoms with Gasteiger partial charge in [0.05, 0.1) is 17.1 Å². The molecule has 0 N–H and O–H groups in total. The van der Waals surface area contributed by atoms with Gasteiger partial charge >= 0.3 is 0 Å². The van der Waals surface area contributed by atoms with E-state index in [2.05, 4.69) is 0 Å². The summed E-state index contributed by atoms with van der Waals surface area (Å²) in [7, 11) is -4.52. The first-order valence-corrected chi connectivity index (χ1v) is 13.0. The van der Waals surface area contributed by atoms with E-state index in [-0.39, 0.29) is 10.8 Å². The smallest absolute Gasteiger partial charge is 0.269 e. The van der Waals surface area contributed by atoms with Gasteiger partial charge < -0.3 is 0 Å². The lowest BCUT2D eigenvalue weighted by Gasteiger charge is -2.29. The van der Waals surface area contributed by atoms with Gasteiger partial charge in [-0.2, -0.15) is 0 Å².